The lowest BCUT2D eigenvalue weighted by Crippen LogP contribution is -2.06. The highest BCUT2D eigenvalue weighted by Crippen LogP contribution is 2.24. The van der Waals surface area contributed by atoms with E-state index in [1.54, 1.807) is 6.07 Å². The summed E-state index contributed by atoms with van der Waals surface area (Å²) < 4.78 is 14.3. The smallest absolute Gasteiger partial charge is 0.293 e. The van der Waals surface area contributed by atoms with Crippen LogP contribution in [0.5, 0.6) is 0 Å². The number of carbonyl (C=O) groups excluding carboxylic acids is 1. The van der Waals surface area contributed by atoms with Crippen LogP contribution in [0, 0.1) is 17.7 Å². The largest absolute Gasteiger partial charge is 0.359 e. The molecule has 1 rings (SSSR count). The highest BCUT2D eigenvalue weighted by atomic mass is 79.9. The number of benzene rings is 1. The molecule has 0 saturated heterocycles. The maximum atomic E-state index is 13.2. The van der Waals surface area contributed by atoms with Crippen molar-refractivity contribution in [2.75, 3.05) is 0 Å². The summed E-state index contributed by atoms with van der Waals surface area (Å²) in [6.45, 7) is 0. The fraction of sp³-hybridized carbons (Fsp3) is 0. The van der Waals surface area contributed by atoms with Crippen molar-refractivity contribution in [2.45, 2.75) is 0 Å². The quantitative estimate of drug-likeness (QED) is 0.732. The van der Waals surface area contributed by atoms with Crippen molar-refractivity contribution in [3.63, 3.8) is 0 Å². The Bertz CT molecular complexity index is 425. The number of hydrogen-bond donors (Lipinski definition) is 1. The lowest BCUT2D eigenvalue weighted by Gasteiger charge is -1.98. The first kappa shape index (κ1) is 11.2. The first-order valence-corrected chi connectivity index (χ1v) is 5.05. The van der Waals surface area contributed by atoms with E-state index in [0.717, 1.165) is 0 Å². The number of carbonyl (C=O) groups is 1. The molecule has 1 aromatic carbocycles. The third kappa shape index (κ3) is 2.82. The Morgan fingerprint density at radius 1 is 1.43 bits per heavy atom. The zero-order chi connectivity index (χ0) is 10.7. The van der Waals surface area contributed by atoms with E-state index in [-0.39, 0.29) is 5.56 Å². The first-order valence-electron chi connectivity index (χ1n) is 3.46. The molecule has 2 nitrogen and oxygen atoms in total. The predicted octanol–water partition coefficient (Wildman–Crippen LogP) is 2.19. The zero-order valence-electron chi connectivity index (χ0n) is 6.77. The Kier molecular flexibility index (Phi) is 3.67. The van der Waals surface area contributed by atoms with Crippen LogP contribution in [0.25, 0.3) is 0 Å². The second-order valence-corrected chi connectivity index (χ2v) is 4.13. The van der Waals surface area contributed by atoms with Crippen molar-refractivity contribution >= 4 is 37.8 Å². The molecular weight excluding hydrogens is 317 g/mol. The van der Waals surface area contributed by atoms with Crippen molar-refractivity contribution in [3.8, 4) is 11.8 Å². The molecule has 2 N–H and O–H groups in total. The fourth-order valence-corrected chi connectivity index (χ4v) is 2.06. The molecule has 0 unspecified atom stereocenters. The minimum absolute atomic E-state index is 0.118. The van der Waals surface area contributed by atoms with Gasteiger partial charge in [0.2, 0.25) is 0 Å². The summed E-state index contributed by atoms with van der Waals surface area (Å²) >= 11 is 6.24. The van der Waals surface area contributed by atoms with E-state index in [2.05, 4.69) is 43.7 Å². The van der Waals surface area contributed by atoms with Gasteiger partial charge in [-0.15, -0.1) is 0 Å². The molecule has 0 atom stereocenters. The van der Waals surface area contributed by atoms with Crippen molar-refractivity contribution in [2.24, 2.45) is 5.73 Å². The second-order valence-electron chi connectivity index (χ2n) is 2.36. The van der Waals surface area contributed by atoms with E-state index in [1.165, 1.54) is 6.07 Å². The maximum absolute atomic E-state index is 13.2. The Balaban J connectivity index is 3.24. The van der Waals surface area contributed by atoms with Gasteiger partial charge in [0.15, 0.2) is 0 Å². The van der Waals surface area contributed by atoms with Gasteiger partial charge < -0.3 is 5.73 Å². The minimum Gasteiger partial charge on any atom is -0.359 e. The molecule has 0 heterocycles. The van der Waals surface area contributed by atoms with Gasteiger partial charge in [0.25, 0.3) is 5.91 Å². The number of primary amides is 1. The van der Waals surface area contributed by atoms with E-state index < -0.39 is 11.7 Å². The van der Waals surface area contributed by atoms with Crippen LogP contribution in [0.15, 0.2) is 21.1 Å². The van der Waals surface area contributed by atoms with Gasteiger partial charge in [0.1, 0.15) is 5.82 Å². The van der Waals surface area contributed by atoms with Crippen LogP contribution in [0.1, 0.15) is 5.56 Å². The van der Waals surface area contributed by atoms with E-state index in [9.17, 15) is 9.18 Å². The van der Waals surface area contributed by atoms with Gasteiger partial charge in [-0.05, 0) is 28.1 Å². The number of halogens is 3. The van der Waals surface area contributed by atoms with Crippen molar-refractivity contribution in [1.82, 2.24) is 0 Å². The predicted molar refractivity (Wildman–Crippen MR) is 57.9 cm³/mol. The van der Waals surface area contributed by atoms with Gasteiger partial charge in [-0.1, -0.05) is 21.9 Å². The Labute approximate surface area is 96.9 Å². The lowest BCUT2D eigenvalue weighted by molar-refractivity contribution is -0.112. The molecule has 0 saturated carbocycles. The second kappa shape index (κ2) is 4.58. The average Bonchev–Trinajstić information content (AvgIpc) is 2.01. The van der Waals surface area contributed by atoms with Crippen LogP contribution in [0.4, 0.5) is 4.39 Å². The summed E-state index contributed by atoms with van der Waals surface area (Å²) in [6.07, 6.45) is 0. The molecule has 0 fully saturated rings. The number of hydrogen-bond acceptors (Lipinski definition) is 1. The average molecular weight is 321 g/mol. The molecule has 0 aliphatic heterocycles. The van der Waals surface area contributed by atoms with Crippen LogP contribution < -0.4 is 5.73 Å². The molecule has 1 aromatic rings. The summed E-state index contributed by atoms with van der Waals surface area (Å²) in [6, 6.07) is 2.89. The number of nitrogens with two attached hydrogens (primary N) is 1. The molecule has 0 radical (unpaired) electrons. The SMILES string of the molecule is NC(=O)C#Cc1c(F)cc(Br)cc1Br. The monoisotopic (exact) mass is 319 g/mol. The number of rotatable bonds is 0. The number of amides is 1. The summed E-state index contributed by atoms with van der Waals surface area (Å²) in [5.74, 6) is 3.10. The van der Waals surface area contributed by atoms with Gasteiger partial charge in [0, 0.05) is 14.9 Å². The van der Waals surface area contributed by atoms with Crippen LogP contribution in [0.2, 0.25) is 0 Å². The topological polar surface area (TPSA) is 43.1 Å². The van der Waals surface area contributed by atoms with Crippen molar-refractivity contribution in [3.05, 3.63) is 32.5 Å². The van der Waals surface area contributed by atoms with Crippen LogP contribution in [-0.4, -0.2) is 5.91 Å². The van der Waals surface area contributed by atoms with E-state index in [1.807, 2.05) is 0 Å². The fourth-order valence-electron chi connectivity index (χ4n) is 0.786. The highest BCUT2D eigenvalue weighted by Gasteiger charge is 2.05. The highest BCUT2D eigenvalue weighted by molar-refractivity contribution is 9.11. The van der Waals surface area contributed by atoms with Gasteiger partial charge in [0.05, 0.1) is 5.56 Å². The molecular formula is C9H4Br2FNO. The van der Waals surface area contributed by atoms with Gasteiger partial charge in [-0.3, -0.25) is 4.79 Å². The van der Waals surface area contributed by atoms with Crippen molar-refractivity contribution in [1.29, 1.82) is 0 Å². The molecule has 0 spiro atoms. The van der Waals surface area contributed by atoms with Gasteiger partial charge in [-0.2, -0.15) is 0 Å². The summed E-state index contributed by atoms with van der Waals surface area (Å²) in [4.78, 5) is 10.4. The molecule has 1 amide bonds. The summed E-state index contributed by atoms with van der Waals surface area (Å²) in [5, 5.41) is 0. The van der Waals surface area contributed by atoms with E-state index in [0.29, 0.717) is 8.95 Å². The standard InChI is InChI=1S/C9H4Br2FNO/c10-5-3-7(11)6(8(12)4-5)1-2-9(13)14/h3-4H,(H2,13,14). The molecule has 5 heteroatoms. The van der Waals surface area contributed by atoms with Gasteiger partial charge in [-0.25, -0.2) is 4.39 Å². The van der Waals surface area contributed by atoms with Crippen LogP contribution >= 0.6 is 31.9 Å². The lowest BCUT2D eigenvalue weighted by atomic mass is 10.2. The maximum Gasteiger partial charge on any atom is 0.293 e. The van der Waals surface area contributed by atoms with Crippen molar-refractivity contribution < 1.29 is 9.18 Å². The van der Waals surface area contributed by atoms with E-state index in [4.69, 9.17) is 5.73 Å². The summed E-state index contributed by atoms with van der Waals surface area (Å²) in [5.41, 5.74) is 4.93. The Hall–Kier alpha value is -0.860. The third-order valence-corrected chi connectivity index (χ3v) is 2.40. The first-order chi connectivity index (χ1) is 6.50. The summed E-state index contributed by atoms with van der Waals surface area (Å²) in [7, 11) is 0. The van der Waals surface area contributed by atoms with Gasteiger partial charge >= 0.3 is 0 Å². The molecule has 0 aromatic heterocycles. The normalized spacial score (nSPS) is 9.07. The molecule has 72 valence electrons. The zero-order valence-corrected chi connectivity index (χ0v) is 9.95. The molecule has 0 aliphatic rings. The third-order valence-electron chi connectivity index (χ3n) is 1.32. The Morgan fingerprint density at radius 3 is 2.57 bits per heavy atom. The molecule has 14 heavy (non-hydrogen) atoms. The molecule has 0 bridgehead atoms. The van der Waals surface area contributed by atoms with E-state index >= 15 is 0 Å². The van der Waals surface area contributed by atoms with Crippen LogP contribution in [0.3, 0.4) is 0 Å². The Morgan fingerprint density at radius 2 is 2.07 bits per heavy atom. The minimum atomic E-state index is -0.792. The molecule has 0 aliphatic carbocycles. The van der Waals surface area contributed by atoms with Crippen LogP contribution in [-0.2, 0) is 4.79 Å².